The van der Waals surface area contributed by atoms with Gasteiger partial charge in [-0.1, -0.05) is 20.8 Å². The summed E-state index contributed by atoms with van der Waals surface area (Å²) < 4.78 is 52.6. The van der Waals surface area contributed by atoms with Gasteiger partial charge in [-0.15, -0.1) is 0 Å². The molecule has 1 aromatic carbocycles. The number of sulfonamides is 1. The summed E-state index contributed by atoms with van der Waals surface area (Å²) in [6, 6.07) is 3.06. The fourth-order valence-electron chi connectivity index (χ4n) is 2.46. The highest BCUT2D eigenvalue weighted by atomic mass is 32.2. The fraction of sp³-hybridized carbons (Fsp3) is 0.533. The normalized spacial score (nSPS) is 21.5. The Bertz CT molecular complexity index is 695. The number of nitrogens with one attached hydrogen (secondary N) is 1. The van der Waals surface area contributed by atoms with Gasteiger partial charge in [0.05, 0.1) is 5.75 Å². The average molecular weight is 331 g/mol. The standard InChI is InChI=1S/C15H19F2NO3S/c1-15(2,3)8-22(20,21)18-14(19)12-7-10(12)11-6-9(16)4-5-13(11)17/h4-6,10,12H,7-8H2,1-3H3,(H,18,19). The Morgan fingerprint density at radius 2 is 1.95 bits per heavy atom. The number of amides is 1. The number of carbonyl (C=O) groups excluding carboxylic acids is 1. The first-order chi connectivity index (χ1) is 9.98. The molecule has 2 atom stereocenters. The van der Waals surface area contributed by atoms with Crippen LogP contribution in [0.4, 0.5) is 8.78 Å². The Hall–Kier alpha value is -1.50. The Morgan fingerprint density at radius 3 is 2.55 bits per heavy atom. The molecule has 7 heteroatoms. The van der Waals surface area contributed by atoms with Crippen molar-refractivity contribution >= 4 is 15.9 Å². The van der Waals surface area contributed by atoms with Gasteiger partial charge >= 0.3 is 0 Å². The summed E-state index contributed by atoms with van der Waals surface area (Å²) in [6.07, 6.45) is 0.317. The molecule has 1 fully saturated rings. The van der Waals surface area contributed by atoms with Crippen molar-refractivity contribution in [2.45, 2.75) is 33.1 Å². The Labute approximate surface area is 129 Å². The molecule has 0 bridgehead atoms. The van der Waals surface area contributed by atoms with Gasteiger partial charge in [0, 0.05) is 5.92 Å². The van der Waals surface area contributed by atoms with Crippen molar-refractivity contribution in [2.75, 3.05) is 5.75 Å². The Morgan fingerprint density at radius 1 is 1.32 bits per heavy atom. The van der Waals surface area contributed by atoms with E-state index in [0.29, 0.717) is 6.42 Å². The molecule has 0 aliphatic heterocycles. The van der Waals surface area contributed by atoms with Crippen LogP contribution in [-0.4, -0.2) is 20.1 Å². The van der Waals surface area contributed by atoms with Crippen LogP contribution in [0, 0.1) is 23.0 Å². The van der Waals surface area contributed by atoms with Crippen molar-refractivity contribution < 1.29 is 22.0 Å². The summed E-state index contributed by atoms with van der Waals surface area (Å²) in [6.45, 7) is 5.25. The highest BCUT2D eigenvalue weighted by molar-refractivity contribution is 7.90. The van der Waals surface area contributed by atoms with Crippen LogP contribution in [0.15, 0.2) is 18.2 Å². The molecule has 0 saturated heterocycles. The minimum Gasteiger partial charge on any atom is -0.274 e. The summed E-state index contributed by atoms with van der Waals surface area (Å²) in [5, 5.41) is 0. The van der Waals surface area contributed by atoms with Gasteiger partial charge in [0.25, 0.3) is 0 Å². The number of rotatable bonds is 4. The number of halogens is 2. The van der Waals surface area contributed by atoms with Gasteiger partial charge in [0.2, 0.25) is 15.9 Å². The molecule has 0 heterocycles. The van der Waals surface area contributed by atoms with Gasteiger partial charge < -0.3 is 0 Å². The zero-order valence-electron chi connectivity index (χ0n) is 12.7. The highest BCUT2D eigenvalue weighted by Gasteiger charge is 2.46. The molecule has 1 N–H and O–H groups in total. The Balaban J connectivity index is 2.04. The molecule has 1 saturated carbocycles. The van der Waals surface area contributed by atoms with E-state index in [1.807, 2.05) is 4.72 Å². The highest BCUT2D eigenvalue weighted by Crippen LogP contribution is 2.48. The fourth-order valence-corrected chi connectivity index (χ4v) is 4.13. The van der Waals surface area contributed by atoms with E-state index in [4.69, 9.17) is 0 Å². The number of hydrogen-bond donors (Lipinski definition) is 1. The third kappa shape index (κ3) is 4.25. The van der Waals surface area contributed by atoms with E-state index >= 15 is 0 Å². The lowest BCUT2D eigenvalue weighted by atomic mass is 10.0. The van der Waals surface area contributed by atoms with Crippen LogP contribution in [0.2, 0.25) is 0 Å². The zero-order valence-corrected chi connectivity index (χ0v) is 13.5. The van der Waals surface area contributed by atoms with Crippen LogP contribution in [0.1, 0.15) is 38.7 Å². The van der Waals surface area contributed by atoms with Gasteiger partial charge in [-0.25, -0.2) is 17.2 Å². The second kappa shape index (κ2) is 5.61. The molecule has 2 unspecified atom stereocenters. The smallest absolute Gasteiger partial charge is 0.237 e. The van der Waals surface area contributed by atoms with Crippen molar-refractivity contribution in [3.63, 3.8) is 0 Å². The van der Waals surface area contributed by atoms with Crippen molar-refractivity contribution in [2.24, 2.45) is 11.3 Å². The van der Waals surface area contributed by atoms with Gasteiger partial charge in [-0.2, -0.15) is 0 Å². The van der Waals surface area contributed by atoms with Crippen molar-refractivity contribution in [3.8, 4) is 0 Å². The quantitative estimate of drug-likeness (QED) is 0.922. The van der Waals surface area contributed by atoms with Crippen LogP contribution in [0.25, 0.3) is 0 Å². The number of carbonyl (C=O) groups is 1. The second-order valence-corrected chi connectivity index (χ2v) is 8.62. The van der Waals surface area contributed by atoms with Crippen LogP contribution in [-0.2, 0) is 14.8 Å². The summed E-state index contributed by atoms with van der Waals surface area (Å²) in [4.78, 5) is 12.0. The number of hydrogen-bond acceptors (Lipinski definition) is 3. The van der Waals surface area contributed by atoms with E-state index in [-0.39, 0.29) is 11.3 Å². The maximum atomic E-state index is 13.6. The van der Waals surface area contributed by atoms with E-state index in [1.165, 1.54) is 0 Å². The largest absolute Gasteiger partial charge is 0.274 e. The minimum atomic E-state index is -3.73. The molecule has 4 nitrogen and oxygen atoms in total. The van der Waals surface area contributed by atoms with Crippen molar-refractivity contribution in [1.29, 1.82) is 0 Å². The molecule has 0 radical (unpaired) electrons. The van der Waals surface area contributed by atoms with Crippen LogP contribution >= 0.6 is 0 Å². The second-order valence-electron chi connectivity index (χ2n) is 6.90. The molecular formula is C15H19F2NO3S. The van der Waals surface area contributed by atoms with E-state index in [0.717, 1.165) is 18.2 Å². The molecule has 0 aromatic heterocycles. The van der Waals surface area contributed by atoms with Gasteiger partial charge in [-0.3, -0.25) is 9.52 Å². The molecule has 122 valence electrons. The monoisotopic (exact) mass is 331 g/mol. The number of benzene rings is 1. The topological polar surface area (TPSA) is 63.2 Å². The molecule has 2 rings (SSSR count). The minimum absolute atomic E-state index is 0.119. The van der Waals surface area contributed by atoms with Crippen molar-refractivity contribution in [1.82, 2.24) is 4.72 Å². The predicted molar refractivity (Wildman–Crippen MR) is 78.6 cm³/mol. The summed E-state index contributed by atoms with van der Waals surface area (Å²) in [5.41, 5.74) is -0.364. The van der Waals surface area contributed by atoms with Gasteiger partial charge in [0.1, 0.15) is 11.6 Å². The van der Waals surface area contributed by atoms with Gasteiger partial charge in [-0.05, 0) is 41.5 Å². The first-order valence-corrected chi connectivity index (χ1v) is 8.63. The average Bonchev–Trinajstić information content (AvgIpc) is 3.08. The van der Waals surface area contributed by atoms with E-state index < -0.39 is 44.8 Å². The molecule has 22 heavy (non-hydrogen) atoms. The lowest BCUT2D eigenvalue weighted by Crippen LogP contribution is -2.37. The molecule has 1 aliphatic carbocycles. The zero-order chi connectivity index (χ0) is 16.7. The SMILES string of the molecule is CC(C)(C)CS(=O)(=O)NC(=O)C1CC1c1cc(F)ccc1F. The molecule has 0 spiro atoms. The summed E-state index contributed by atoms with van der Waals surface area (Å²) in [5.74, 6) is -3.11. The lowest BCUT2D eigenvalue weighted by molar-refractivity contribution is -0.120. The molecule has 1 aliphatic rings. The maximum Gasteiger partial charge on any atom is 0.237 e. The van der Waals surface area contributed by atoms with Crippen LogP contribution < -0.4 is 4.72 Å². The lowest BCUT2D eigenvalue weighted by Gasteiger charge is -2.18. The van der Waals surface area contributed by atoms with Crippen LogP contribution in [0.3, 0.4) is 0 Å². The summed E-state index contributed by atoms with van der Waals surface area (Å²) in [7, 11) is -3.73. The molecule has 1 aromatic rings. The molecular weight excluding hydrogens is 312 g/mol. The molecule has 1 amide bonds. The maximum absolute atomic E-state index is 13.6. The Kier molecular flexibility index (Phi) is 4.30. The first kappa shape index (κ1) is 16.9. The van der Waals surface area contributed by atoms with Gasteiger partial charge in [0.15, 0.2) is 0 Å². The van der Waals surface area contributed by atoms with Crippen molar-refractivity contribution in [3.05, 3.63) is 35.4 Å². The van der Waals surface area contributed by atoms with E-state index in [2.05, 4.69) is 0 Å². The predicted octanol–water partition coefficient (Wildman–Crippen LogP) is 2.56. The third-order valence-electron chi connectivity index (χ3n) is 3.36. The van der Waals surface area contributed by atoms with E-state index in [1.54, 1.807) is 20.8 Å². The summed E-state index contributed by atoms with van der Waals surface area (Å²) >= 11 is 0. The van der Waals surface area contributed by atoms with Crippen LogP contribution in [0.5, 0.6) is 0 Å². The third-order valence-corrected chi connectivity index (χ3v) is 5.12. The first-order valence-electron chi connectivity index (χ1n) is 6.98. The van der Waals surface area contributed by atoms with E-state index in [9.17, 15) is 22.0 Å².